The van der Waals surface area contributed by atoms with E-state index in [1.165, 1.54) is 6.33 Å². The standard InChI is InChI=1S/C12H14N4O/c13-11-8-12(16-9-15-11)14-6-7-17-10-4-2-1-3-5-10/h1-5,8-9H,6-7H2,(H3,13,14,15,16). The van der Waals surface area contributed by atoms with E-state index in [-0.39, 0.29) is 0 Å². The molecule has 2 rings (SSSR count). The second kappa shape index (κ2) is 5.69. The smallest absolute Gasteiger partial charge is 0.131 e. The SMILES string of the molecule is Nc1cc(NCCOc2ccccc2)ncn1. The van der Waals surface area contributed by atoms with E-state index in [1.54, 1.807) is 6.07 Å². The zero-order valence-corrected chi connectivity index (χ0v) is 9.34. The highest BCUT2D eigenvalue weighted by atomic mass is 16.5. The van der Waals surface area contributed by atoms with Gasteiger partial charge in [0.15, 0.2) is 0 Å². The number of hydrogen-bond acceptors (Lipinski definition) is 5. The Kier molecular flexibility index (Phi) is 3.75. The van der Waals surface area contributed by atoms with E-state index in [0.717, 1.165) is 5.75 Å². The van der Waals surface area contributed by atoms with Crippen LogP contribution in [0.15, 0.2) is 42.7 Å². The fourth-order valence-corrected chi connectivity index (χ4v) is 1.33. The topological polar surface area (TPSA) is 73.1 Å². The molecule has 0 radical (unpaired) electrons. The minimum atomic E-state index is 0.450. The van der Waals surface area contributed by atoms with Gasteiger partial charge >= 0.3 is 0 Å². The van der Waals surface area contributed by atoms with Crippen molar-refractivity contribution >= 4 is 11.6 Å². The van der Waals surface area contributed by atoms with Gasteiger partial charge in [0, 0.05) is 6.07 Å². The van der Waals surface area contributed by atoms with E-state index in [2.05, 4.69) is 15.3 Å². The van der Waals surface area contributed by atoms with E-state index in [4.69, 9.17) is 10.5 Å². The maximum Gasteiger partial charge on any atom is 0.131 e. The van der Waals surface area contributed by atoms with Crippen LogP contribution in [0.4, 0.5) is 11.6 Å². The van der Waals surface area contributed by atoms with E-state index in [1.807, 2.05) is 30.3 Å². The van der Waals surface area contributed by atoms with Crippen LogP contribution in [0, 0.1) is 0 Å². The Balaban J connectivity index is 1.73. The molecule has 0 saturated heterocycles. The largest absolute Gasteiger partial charge is 0.492 e. The Labute approximate surface area is 99.7 Å². The molecule has 0 fully saturated rings. The monoisotopic (exact) mass is 230 g/mol. The minimum absolute atomic E-state index is 0.450. The lowest BCUT2D eigenvalue weighted by molar-refractivity contribution is 0.333. The molecule has 0 unspecified atom stereocenters. The van der Waals surface area contributed by atoms with Crippen LogP contribution in [0.1, 0.15) is 0 Å². The van der Waals surface area contributed by atoms with Crippen molar-refractivity contribution in [3.05, 3.63) is 42.7 Å². The number of nitrogens with two attached hydrogens (primary N) is 1. The van der Waals surface area contributed by atoms with Gasteiger partial charge in [-0.05, 0) is 12.1 Å². The average molecular weight is 230 g/mol. The molecule has 2 aromatic rings. The molecule has 1 heterocycles. The molecule has 0 amide bonds. The van der Waals surface area contributed by atoms with Crippen LogP contribution in [-0.4, -0.2) is 23.1 Å². The first-order chi connectivity index (χ1) is 8.34. The lowest BCUT2D eigenvalue weighted by Gasteiger charge is -2.07. The van der Waals surface area contributed by atoms with Crippen molar-refractivity contribution < 1.29 is 4.74 Å². The summed E-state index contributed by atoms with van der Waals surface area (Å²) in [6.45, 7) is 1.22. The number of rotatable bonds is 5. The summed E-state index contributed by atoms with van der Waals surface area (Å²) in [5.41, 5.74) is 5.53. The molecular formula is C12H14N4O. The van der Waals surface area contributed by atoms with E-state index < -0.39 is 0 Å². The summed E-state index contributed by atoms with van der Waals surface area (Å²) in [4.78, 5) is 7.84. The molecule has 3 N–H and O–H groups in total. The number of ether oxygens (including phenoxy) is 1. The predicted molar refractivity (Wildman–Crippen MR) is 66.9 cm³/mol. The molecule has 17 heavy (non-hydrogen) atoms. The number of nitrogens with zero attached hydrogens (tertiary/aromatic N) is 2. The minimum Gasteiger partial charge on any atom is -0.492 e. The average Bonchev–Trinajstić information content (AvgIpc) is 2.36. The molecular weight excluding hydrogens is 216 g/mol. The van der Waals surface area contributed by atoms with Crippen molar-refractivity contribution in [1.29, 1.82) is 0 Å². The van der Waals surface area contributed by atoms with Gasteiger partial charge in [0.25, 0.3) is 0 Å². The van der Waals surface area contributed by atoms with Gasteiger partial charge < -0.3 is 15.8 Å². The third kappa shape index (κ3) is 3.64. The Morgan fingerprint density at radius 1 is 1.18 bits per heavy atom. The van der Waals surface area contributed by atoms with Gasteiger partial charge in [0.05, 0.1) is 6.54 Å². The summed E-state index contributed by atoms with van der Waals surface area (Å²) in [5.74, 6) is 2.01. The number of anilines is 2. The van der Waals surface area contributed by atoms with E-state index in [0.29, 0.717) is 24.8 Å². The lowest BCUT2D eigenvalue weighted by Crippen LogP contribution is -2.12. The van der Waals surface area contributed by atoms with Crippen LogP contribution >= 0.6 is 0 Å². The van der Waals surface area contributed by atoms with Gasteiger partial charge in [-0.2, -0.15) is 0 Å². The van der Waals surface area contributed by atoms with Gasteiger partial charge in [-0.1, -0.05) is 18.2 Å². The number of nitrogens with one attached hydrogen (secondary N) is 1. The Bertz CT molecular complexity index is 461. The third-order valence-electron chi connectivity index (χ3n) is 2.11. The highest BCUT2D eigenvalue weighted by Crippen LogP contribution is 2.08. The molecule has 0 atom stereocenters. The van der Waals surface area contributed by atoms with Crippen molar-refractivity contribution in [2.45, 2.75) is 0 Å². The summed E-state index contributed by atoms with van der Waals surface area (Å²) >= 11 is 0. The highest BCUT2D eigenvalue weighted by Gasteiger charge is 1.95. The Morgan fingerprint density at radius 2 is 2.00 bits per heavy atom. The first kappa shape index (κ1) is 11.2. The Morgan fingerprint density at radius 3 is 2.76 bits per heavy atom. The Hall–Kier alpha value is -2.30. The van der Waals surface area contributed by atoms with Crippen LogP contribution in [0.5, 0.6) is 5.75 Å². The summed E-state index contributed by atoms with van der Waals surface area (Å²) in [6.07, 6.45) is 1.43. The summed E-state index contributed by atoms with van der Waals surface area (Å²) in [7, 11) is 0. The van der Waals surface area contributed by atoms with Crippen molar-refractivity contribution in [3.8, 4) is 5.75 Å². The number of nitrogen functional groups attached to an aromatic ring is 1. The van der Waals surface area contributed by atoms with Gasteiger partial charge in [-0.15, -0.1) is 0 Å². The molecule has 0 aliphatic rings. The van der Waals surface area contributed by atoms with Crippen LogP contribution in [0.2, 0.25) is 0 Å². The third-order valence-corrected chi connectivity index (χ3v) is 2.11. The zero-order chi connectivity index (χ0) is 11.9. The van der Waals surface area contributed by atoms with Crippen molar-refractivity contribution in [1.82, 2.24) is 9.97 Å². The fraction of sp³-hybridized carbons (Fsp3) is 0.167. The van der Waals surface area contributed by atoms with Crippen molar-refractivity contribution in [3.63, 3.8) is 0 Å². The molecule has 1 aromatic carbocycles. The van der Waals surface area contributed by atoms with Crippen LogP contribution in [0.3, 0.4) is 0 Å². The van der Waals surface area contributed by atoms with Crippen LogP contribution in [0.25, 0.3) is 0 Å². The van der Waals surface area contributed by atoms with E-state index >= 15 is 0 Å². The molecule has 0 bridgehead atoms. The number of para-hydroxylation sites is 1. The zero-order valence-electron chi connectivity index (χ0n) is 9.34. The van der Waals surface area contributed by atoms with Gasteiger partial charge in [-0.25, -0.2) is 9.97 Å². The summed E-state index contributed by atoms with van der Waals surface area (Å²) in [5, 5.41) is 3.10. The van der Waals surface area contributed by atoms with Crippen molar-refractivity contribution in [2.75, 3.05) is 24.2 Å². The molecule has 0 spiro atoms. The van der Waals surface area contributed by atoms with Crippen LogP contribution in [-0.2, 0) is 0 Å². The summed E-state index contributed by atoms with van der Waals surface area (Å²) in [6, 6.07) is 11.4. The van der Waals surface area contributed by atoms with Gasteiger partial charge in [0.2, 0.25) is 0 Å². The van der Waals surface area contributed by atoms with Crippen LogP contribution < -0.4 is 15.8 Å². The second-order valence-corrected chi connectivity index (χ2v) is 3.42. The normalized spacial score (nSPS) is 9.88. The van der Waals surface area contributed by atoms with Gasteiger partial charge in [-0.3, -0.25) is 0 Å². The maximum absolute atomic E-state index is 5.53. The number of benzene rings is 1. The molecule has 1 aromatic heterocycles. The number of aromatic nitrogens is 2. The first-order valence-electron chi connectivity index (χ1n) is 5.34. The molecule has 0 aliphatic heterocycles. The molecule has 5 nitrogen and oxygen atoms in total. The quantitative estimate of drug-likeness (QED) is 0.762. The number of hydrogen-bond donors (Lipinski definition) is 2. The summed E-state index contributed by atoms with van der Waals surface area (Å²) < 4.78 is 5.52. The van der Waals surface area contributed by atoms with Crippen molar-refractivity contribution in [2.24, 2.45) is 0 Å². The maximum atomic E-state index is 5.53. The first-order valence-corrected chi connectivity index (χ1v) is 5.34. The second-order valence-electron chi connectivity index (χ2n) is 3.42. The fourth-order valence-electron chi connectivity index (χ4n) is 1.33. The molecule has 0 aliphatic carbocycles. The lowest BCUT2D eigenvalue weighted by atomic mass is 10.3. The highest BCUT2D eigenvalue weighted by molar-refractivity contribution is 5.43. The van der Waals surface area contributed by atoms with Gasteiger partial charge in [0.1, 0.15) is 30.3 Å². The molecule has 88 valence electrons. The predicted octanol–water partition coefficient (Wildman–Crippen LogP) is 1.55. The van der Waals surface area contributed by atoms with E-state index in [9.17, 15) is 0 Å². The molecule has 5 heteroatoms. The molecule has 0 saturated carbocycles.